The summed E-state index contributed by atoms with van der Waals surface area (Å²) in [5, 5.41) is 2.90. The Bertz CT molecular complexity index is 759. The Labute approximate surface area is 160 Å². The Kier molecular flexibility index (Phi) is 7.67. The van der Waals surface area contributed by atoms with E-state index in [4.69, 9.17) is 9.47 Å². The first-order chi connectivity index (χ1) is 13.0. The summed E-state index contributed by atoms with van der Waals surface area (Å²) >= 11 is 0. The van der Waals surface area contributed by atoms with Crippen LogP contribution in [0.25, 0.3) is 0 Å². The molecule has 2 aromatic rings. The van der Waals surface area contributed by atoms with Crippen molar-refractivity contribution in [2.24, 2.45) is 0 Å². The highest BCUT2D eigenvalue weighted by Crippen LogP contribution is 2.21. The summed E-state index contributed by atoms with van der Waals surface area (Å²) in [7, 11) is 3.21. The molecule has 27 heavy (non-hydrogen) atoms. The number of nitrogens with zero attached hydrogens (tertiary/aromatic N) is 1. The van der Waals surface area contributed by atoms with Crippen molar-refractivity contribution < 1.29 is 19.1 Å². The minimum Gasteiger partial charge on any atom is -0.497 e. The van der Waals surface area contributed by atoms with E-state index in [1.165, 1.54) is 6.92 Å². The van der Waals surface area contributed by atoms with Crippen molar-refractivity contribution in [3.8, 4) is 11.5 Å². The van der Waals surface area contributed by atoms with Gasteiger partial charge < -0.3 is 19.7 Å². The Hall–Kier alpha value is -3.02. The lowest BCUT2D eigenvalue weighted by Crippen LogP contribution is -2.34. The lowest BCUT2D eigenvalue weighted by molar-refractivity contribution is -0.121. The molecule has 1 N–H and O–H groups in total. The summed E-state index contributed by atoms with van der Waals surface area (Å²) in [6.07, 6.45) is 0.974. The normalized spacial score (nSPS) is 10.2. The molecule has 2 rings (SSSR count). The van der Waals surface area contributed by atoms with E-state index in [1.54, 1.807) is 25.2 Å². The van der Waals surface area contributed by atoms with Gasteiger partial charge in [0, 0.05) is 38.2 Å². The molecule has 0 bridgehead atoms. The first-order valence-corrected chi connectivity index (χ1v) is 8.85. The minimum absolute atomic E-state index is 0.0855. The van der Waals surface area contributed by atoms with E-state index in [1.807, 2.05) is 42.5 Å². The third-order valence-electron chi connectivity index (χ3n) is 4.20. The van der Waals surface area contributed by atoms with Gasteiger partial charge in [-0.15, -0.1) is 0 Å². The molecule has 2 aromatic carbocycles. The average Bonchev–Trinajstić information content (AvgIpc) is 2.68. The second-order valence-corrected chi connectivity index (χ2v) is 6.07. The molecule has 0 aliphatic carbocycles. The quantitative estimate of drug-likeness (QED) is 0.737. The van der Waals surface area contributed by atoms with Crippen LogP contribution in [0.2, 0.25) is 0 Å². The number of ether oxygens (including phenoxy) is 2. The van der Waals surface area contributed by atoms with Crippen LogP contribution in [0, 0.1) is 0 Å². The predicted molar refractivity (Wildman–Crippen MR) is 105 cm³/mol. The number of rotatable bonds is 9. The maximum absolute atomic E-state index is 12.1. The standard InChI is InChI=1S/C21H26N2O4/c1-16(24)23(18-5-4-6-20(15-18)27-3)14-12-21(25)22-13-11-17-7-9-19(26-2)10-8-17/h4-10,15H,11-14H2,1-3H3,(H,22,25). The van der Waals surface area contributed by atoms with Crippen molar-refractivity contribution in [2.75, 3.05) is 32.2 Å². The van der Waals surface area contributed by atoms with E-state index < -0.39 is 0 Å². The molecule has 2 amide bonds. The average molecular weight is 370 g/mol. The molecule has 0 spiro atoms. The first kappa shape index (κ1) is 20.3. The number of benzene rings is 2. The maximum Gasteiger partial charge on any atom is 0.223 e. The summed E-state index contributed by atoms with van der Waals surface area (Å²) in [5.41, 5.74) is 1.84. The molecule has 6 heteroatoms. The molecule has 0 saturated carbocycles. The van der Waals surface area contributed by atoms with Gasteiger partial charge in [-0.3, -0.25) is 9.59 Å². The van der Waals surface area contributed by atoms with Gasteiger partial charge in [0.25, 0.3) is 0 Å². The van der Waals surface area contributed by atoms with E-state index in [0.29, 0.717) is 24.5 Å². The number of hydrogen-bond donors (Lipinski definition) is 1. The van der Waals surface area contributed by atoms with E-state index >= 15 is 0 Å². The van der Waals surface area contributed by atoms with Gasteiger partial charge in [-0.1, -0.05) is 18.2 Å². The number of amides is 2. The van der Waals surface area contributed by atoms with Gasteiger partial charge in [0.2, 0.25) is 11.8 Å². The monoisotopic (exact) mass is 370 g/mol. The molecule has 6 nitrogen and oxygen atoms in total. The van der Waals surface area contributed by atoms with Gasteiger partial charge in [-0.25, -0.2) is 0 Å². The van der Waals surface area contributed by atoms with Crippen LogP contribution < -0.4 is 19.7 Å². The zero-order valence-electron chi connectivity index (χ0n) is 16.0. The summed E-state index contributed by atoms with van der Waals surface area (Å²) in [6, 6.07) is 15.0. The van der Waals surface area contributed by atoms with Gasteiger partial charge in [0.15, 0.2) is 0 Å². The van der Waals surface area contributed by atoms with Crippen LogP contribution in [0.5, 0.6) is 11.5 Å². The van der Waals surface area contributed by atoms with Crippen LogP contribution in [0.1, 0.15) is 18.9 Å². The third kappa shape index (κ3) is 6.33. The first-order valence-electron chi connectivity index (χ1n) is 8.85. The number of anilines is 1. The molecule has 144 valence electrons. The SMILES string of the molecule is COc1ccc(CCNC(=O)CCN(C(C)=O)c2cccc(OC)c2)cc1. The van der Waals surface area contributed by atoms with Crippen molar-refractivity contribution in [2.45, 2.75) is 19.8 Å². The Morgan fingerprint density at radius 1 is 1.00 bits per heavy atom. The van der Waals surface area contributed by atoms with Crippen molar-refractivity contribution in [1.29, 1.82) is 0 Å². The number of nitrogens with one attached hydrogen (secondary N) is 1. The van der Waals surface area contributed by atoms with Gasteiger partial charge in [-0.05, 0) is 36.2 Å². The van der Waals surface area contributed by atoms with E-state index in [0.717, 1.165) is 17.7 Å². The van der Waals surface area contributed by atoms with Crippen LogP contribution >= 0.6 is 0 Å². The molecule has 0 aromatic heterocycles. The van der Waals surface area contributed by atoms with Crippen LogP contribution in [-0.2, 0) is 16.0 Å². The van der Waals surface area contributed by atoms with E-state index in [-0.39, 0.29) is 18.2 Å². The summed E-state index contributed by atoms with van der Waals surface area (Å²) < 4.78 is 10.3. The summed E-state index contributed by atoms with van der Waals surface area (Å²) in [4.78, 5) is 25.6. The lowest BCUT2D eigenvalue weighted by atomic mass is 10.1. The summed E-state index contributed by atoms with van der Waals surface area (Å²) in [6.45, 7) is 2.35. The minimum atomic E-state index is -0.116. The zero-order valence-corrected chi connectivity index (χ0v) is 16.0. The fourth-order valence-corrected chi connectivity index (χ4v) is 2.69. The Morgan fingerprint density at radius 2 is 1.70 bits per heavy atom. The fraction of sp³-hybridized carbons (Fsp3) is 0.333. The molecular weight excluding hydrogens is 344 g/mol. The third-order valence-corrected chi connectivity index (χ3v) is 4.20. The Morgan fingerprint density at radius 3 is 2.33 bits per heavy atom. The lowest BCUT2D eigenvalue weighted by Gasteiger charge is -2.21. The van der Waals surface area contributed by atoms with Gasteiger partial charge in [0.05, 0.1) is 14.2 Å². The van der Waals surface area contributed by atoms with Crippen LogP contribution in [0.4, 0.5) is 5.69 Å². The molecule has 0 heterocycles. The highest BCUT2D eigenvalue weighted by Gasteiger charge is 2.14. The molecule has 0 fully saturated rings. The number of carbonyl (C=O) groups excluding carboxylic acids is 2. The topological polar surface area (TPSA) is 67.9 Å². The zero-order chi connectivity index (χ0) is 19.6. The van der Waals surface area contributed by atoms with Crippen molar-refractivity contribution in [3.63, 3.8) is 0 Å². The van der Waals surface area contributed by atoms with Gasteiger partial charge in [0.1, 0.15) is 11.5 Å². The van der Waals surface area contributed by atoms with Gasteiger partial charge in [-0.2, -0.15) is 0 Å². The molecule has 0 aliphatic rings. The molecular formula is C21H26N2O4. The van der Waals surface area contributed by atoms with Crippen LogP contribution in [-0.4, -0.2) is 39.1 Å². The maximum atomic E-state index is 12.1. The van der Waals surface area contributed by atoms with Crippen LogP contribution in [0.15, 0.2) is 48.5 Å². The molecule has 0 aliphatic heterocycles. The second-order valence-electron chi connectivity index (χ2n) is 6.07. The number of carbonyl (C=O) groups is 2. The van der Waals surface area contributed by atoms with E-state index in [2.05, 4.69) is 5.32 Å². The summed E-state index contributed by atoms with van der Waals surface area (Å²) in [5.74, 6) is 1.28. The highest BCUT2D eigenvalue weighted by molar-refractivity contribution is 5.92. The number of methoxy groups -OCH3 is 2. The smallest absolute Gasteiger partial charge is 0.223 e. The second kappa shape index (κ2) is 10.2. The molecule has 0 atom stereocenters. The predicted octanol–water partition coefficient (Wildman–Crippen LogP) is 2.81. The number of hydrogen-bond acceptors (Lipinski definition) is 4. The van der Waals surface area contributed by atoms with Crippen molar-refractivity contribution in [1.82, 2.24) is 5.32 Å². The van der Waals surface area contributed by atoms with Gasteiger partial charge >= 0.3 is 0 Å². The van der Waals surface area contributed by atoms with Crippen molar-refractivity contribution >= 4 is 17.5 Å². The molecule has 0 unspecified atom stereocenters. The van der Waals surface area contributed by atoms with Crippen LogP contribution in [0.3, 0.4) is 0 Å². The molecule has 0 saturated heterocycles. The molecule has 0 radical (unpaired) electrons. The fourth-order valence-electron chi connectivity index (χ4n) is 2.69. The van der Waals surface area contributed by atoms with E-state index in [9.17, 15) is 9.59 Å². The highest BCUT2D eigenvalue weighted by atomic mass is 16.5. The van der Waals surface area contributed by atoms with Crippen molar-refractivity contribution in [3.05, 3.63) is 54.1 Å². The Balaban J connectivity index is 1.82. The largest absolute Gasteiger partial charge is 0.497 e.